The zero-order valence-corrected chi connectivity index (χ0v) is 12.8. The van der Waals surface area contributed by atoms with E-state index in [1.165, 1.54) is 6.07 Å². The van der Waals surface area contributed by atoms with Crippen molar-refractivity contribution in [2.24, 2.45) is 0 Å². The first kappa shape index (κ1) is 15.0. The summed E-state index contributed by atoms with van der Waals surface area (Å²) in [5, 5.41) is 4.06. The van der Waals surface area contributed by atoms with Crippen LogP contribution < -0.4 is 5.32 Å². The van der Waals surface area contributed by atoms with E-state index in [2.05, 4.69) is 5.32 Å². The minimum atomic E-state index is -0.194. The molecule has 1 N–H and O–H groups in total. The first-order chi connectivity index (χ1) is 9.54. The highest BCUT2D eigenvalue weighted by Crippen LogP contribution is 2.30. The summed E-state index contributed by atoms with van der Waals surface area (Å²) in [4.78, 5) is 0. The molecule has 20 heavy (non-hydrogen) atoms. The molecule has 0 spiro atoms. The second-order valence-electron chi connectivity index (χ2n) is 4.97. The number of rotatable bonds is 4. The lowest BCUT2D eigenvalue weighted by molar-refractivity contribution is 0.557. The molecule has 1 unspecified atom stereocenters. The van der Waals surface area contributed by atoms with Gasteiger partial charge in [-0.3, -0.25) is 0 Å². The van der Waals surface area contributed by atoms with Gasteiger partial charge in [0.05, 0.1) is 6.04 Å². The van der Waals surface area contributed by atoms with Crippen LogP contribution in [-0.2, 0) is 0 Å². The summed E-state index contributed by atoms with van der Waals surface area (Å²) in [6.07, 6.45) is 0. The van der Waals surface area contributed by atoms with Gasteiger partial charge in [-0.05, 0) is 43.7 Å². The van der Waals surface area contributed by atoms with Crippen LogP contribution in [0, 0.1) is 19.7 Å². The number of hydrogen-bond acceptors (Lipinski definition) is 1. The second kappa shape index (κ2) is 6.38. The lowest BCUT2D eigenvalue weighted by atomic mass is 9.93. The summed E-state index contributed by atoms with van der Waals surface area (Å²) in [6.45, 7) is 6.71. The molecule has 0 aromatic heterocycles. The van der Waals surface area contributed by atoms with Crippen molar-refractivity contribution in [1.82, 2.24) is 5.32 Å². The Hall–Kier alpha value is -1.38. The van der Waals surface area contributed by atoms with Crippen molar-refractivity contribution in [3.05, 3.63) is 69.5 Å². The third-order valence-corrected chi connectivity index (χ3v) is 3.90. The molecule has 3 heteroatoms. The van der Waals surface area contributed by atoms with Crippen molar-refractivity contribution >= 4 is 11.6 Å². The summed E-state index contributed by atoms with van der Waals surface area (Å²) < 4.78 is 14.2. The summed E-state index contributed by atoms with van der Waals surface area (Å²) >= 11 is 6.20. The van der Waals surface area contributed by atoms with Gasteiger partial charge in [-0.15, -0.1) is 0 Å². The van der Waals surface area contributed by atoms with Crippen LogP contribution in [0.5, 0.6) is 0 Å². The third-order valence-electron chi connectivity index (χ3n) is 3.49. The van der Waals surface area contributed by atoms with Gasteiger partial charge in [0.15, 0.2) is 0 Å². The Morgan fingerprint density at radius 2 is 1.90 bits per heavy atom. The molecule has 0 heterocycles. The molecule has 2 rings (SSSR count). The molecule has 0 saturated heterocycles. The van der Waals surface area contributed by atoms with E-state index in [1.54, 1.807) is 6.07 Å². The maximum Gasteiger partial charge on any atom is 0.128 e. The fourth-order valence-corrected chi connectivity index (χ4v) is 2.59. The van der Waals surface area contributed by atoms with Crippen molar-refractivity contribution in [3.8, 4) is 0 Å². The third kappa shape index (κ3) is 3.02. The van der Waals surface area contributed by atoms with E-state index < -0.39 is 0 Å². The SMILES string of the molecule is CCNC(c1cc(C)ccc1F)c1cccc(Cl)c1C. The van der Waals surface area contributed by atoms with Crippen LogP contribution in [0.1, 0.15) is 35.2 Å². The smallest absolute Gasteiger partial charge is 0.128 e. The van der Waals surface area contributed by atoms with Crippen LogP contribution in [0.2, 0.25) is 5.02 Å². The van der Waals surface area contributed by atoms with Gasteiger partial charge in [0.1, 0.15) is 5.82 Å². The molecule has 0 amide bonds. The fourth-order valence-electron chi connectivity index (χ4n) is 2.41. The standard InChI is InChI=1S/C17H19ClFN/c1-4-20-17(13-6-5-7-15(18)12(13)3)14-10-11(2)8-9-16(14)19/h5-10,17,20H,4H2,1-3H3. The van der Waals surface area contributed by atoms with Gasteiger partial charge in [-0.2, -0.15) is 0 Å². The summed E-state index contributed by atoms with van der Waals surface area (Å²) in [5.41, 5.74) is 3.71. The van der Waals surface area contributed by atoms with Gasteiger partial charge in [0.25, 0.3) is 0 Å². The van der Waals surface area contributed by atoms with Crippen LogP contribution in [0.4, 0.5) is 4.39 Å². The van der Waals surface area contributed by atoms with Crippen molar-refractivity contribution in [2.75, 3.05) is 6.54 Å². The lowest BCUT2D eigenvalue weighted by Gasteiger charge is -2.22. The maximum atomic E-state index is 14.2. The van der Waals surface area contributed by atoms with Gasteiger partial charge in [-0.25, -0.2) is 4.39 Å². The molecule has 0 radical (unpaired) electrons. The molecule has 0 fully saturated rings. The van der Waals surface area contributed by atoms with Crippen LogP contribution in [0.15, 0.2) is 36.4 Å². The minimum absolute atomic E-state index is 0.182. The lowest BCUT2D eigenvalue weighted by Crippen LogP contribution is -2.24. The Balaban J connectivity index is 2.56. The largest absolute Gasteiger partial charge is 0.306 e. The first-order valence-electron chi connectivity index (χ1n) is 6.79. The average molecular weight is 292 g/mol. The Labute approximate surface area is 124 Å². The molecule has 0 aliphatic carbocycles. The van der Waals surface area contributed by atoms with Crippen molar-refractivity contribution in [3.63, 3.8) is 0 Å². The predicted octanol–water partition coefficient (Wildman–Crippen LogP) is 4.79. The molecule has 0 aliphatic rings. The molecule has 2 aromatic carbocycles. The second-order valence-corrected chi connectivity index (χ2v) is 5.38. The van der Waals surface area contributed by atoms with E-state index in [-0.39, 0.29) is 11.9 Å². The molecule has 1 atom stereocenters. The van der Waals surface area contributed by atoms with Crippen LogP contribution >= 0.6 is 11.6 Å². The van der Waals surface area contributed by atoms with Gasteiger partial charge < -0.3 is 5.32 Å². The number of benzene rings is 2. The summed E-state index contributed by atoms with van der Waals surface area (Å²) in [6, 6.07) is 10.8. The molecule has 0 aliphatic heterocycles. The quantitative estimate of drug-likeness (QED) is 0.853. The van der Waals surface area contributed by atoms with E-state index in [1.807, 2.05) is 45.0 Å². The number of aryl methyl sites for hydroxylation is 1. The monoisotopic (exact) mass is 291 g/mol. The van der Waals surface area contributed by atoms with E-state index in [9.17, 15) is 4.39 Å². The highest BCUT2D eigenvalue weighted by molar-refractivity contribution is 6.31. The Kier molecular flexibility index (Phi) is 4.79. The van der Waals surface area contributed by atoms with Gasteiger partial charge in [-0.1, -0.05) is 48.4 Å². The highest BCUT2D eigenvalue weighted by Gasteiger charge is 2.19. The summed E-state index contributed by atoms with van der Waals surface area (Å²) in [7, 11) is 0. The van der Waals surface area contributed by atoms with E-state index in [0.717, 1.165) is 23.2 Å². The van der Waals surface area contributed by atoms with E-state index in [0.29, 0.717) is 10.6 Å². The molecule has 106 valence electrons. The molecule has 0 bridgehead atoms. The molecule has 1 nitrogen and oxygen atoms in total. The highest BCUT2D eigenvalue weighted by atomic mass is 35.5. The van der Waals surface area contributed by atoms with Crippen molar-refractivity contribution in [1.29, 1.82) is 0 Å². The minimum Gasteiger partial charge on any atom is -0.306 e. The van der Waals surface area contributed by atoms with E-state index >= 15 is 0 Å². The zero-order valence-electron chi connectivity index (χ0n) is 12.0. The average Bonchev–Trinajstić information content (AvgIpc) is 2.43. The molecule has 2 aromatic rings. The number of nitrogens with one attached hydrogen (secondary N) is 1. The van der Waals surface area contributed by atoms with Crippen LogP contribution in [0.25, 0.3) is 0 Å². The van der Waals surface area contributed by atoms with Gasteiger partial charge >= 0.3 is 0 Å². The Bertz CT molecular complexity index is 608. The Morgan fingerprint density at radius 1 is 1.15 bits per heavy atom. The molecule has 0 saturated carbocycles. The topological polar surface area (TPSA) is 12.0 Å². The zero-order chi connectivity index (χ0) is 14.7. The van der Waals surface area contributed by atoms with E-state index in [4.69, 9.17) is 11.6 Å². The Morgan fingerprint density at radius 3 is 2.60 bits per heavy atom. The van der Waals surface area contributed by atoms with Gasteiger partial charge in [0.2, 0.25) is 0 Å². The maximum absolute atomic E-state index is 14.2. The van der Waals surface area contributed by atoms with Gasteiger partial charge in [0, 0.05) is 10.6 Å². The van der Waals surface area contributed by atoms with Crippen molar-refractivity contribution < 1.29 is 4.39 Å². The van der Waals surface area contributed by atoms with Crippen LogP contribution in [0.3, 0.4) is 0 Å². The first-order valence-corrected chi connectivity index (χ1v) is 7.16. The normalized spacial score (nSPS) is 12.4. The van der Waals surface area contributed by atoms with Crippen LogP contribution in [-0.4, -0.2) is 6.54 Å². The number of hydrogen-bond donors (Lipinski definition) is 1. The molecular weight excluding hydrogens is 273 g/mol. The fraction of sp³-hybridized carbons (Fsp3) is 0.294. The number of halogens is 2. The predicted molar refractivity (Wildman–Crippen MR) is 82.8 cm³/mol. The summed E-state index contributed by atoms with van der Waals surface area (Å²) in [5.74, 6) is -0.194. The van der Waals surface area contributed by atoms with Crippen molar-refractivity contribution in [2.45, 2.75) is 26.8 Å². The molecular formula is C17H19ClFN.